The van der Waals surface area contributed by atoms with E-state index in [1.807, 2.05) is 13.0 Å². The van der Waals surface area contributed by atoms with E-state index in [-0.39, 0.29) is 24.5 Å². The van der Waals surface area contributed by atoms with Crippen molar-refractivity contribution in [1.29, 1.82) is 0 Å². The average molecular weight is 241 g/mol. The number of nitrogens with one attached hydrogen (secondary N) is 1. The normalized spacial score (nSPS) is 14.6. The van der Waals surface area contributed by atoms with Gasteiger partial charge >= 0.3 is 0 Å². The summed E-state index contributed by atoms with van der Waals surface area (Å²) < 4.78 is 18.1. The maximum Gasteiger partial charge on any atom is 0.123 e. The van der Waals surface area contributed by atoms with Gasteiger partial charge < -0.3 is 15.2 Å². The number of hydrogen-bond donors (Lipinski definition) is 2. The number of aliphatic hydroxyl groups is 1. The van der Waals surface area contributed by atoms with Crippen molar-refractivity contribution in [3.63, 3.8) is 0 Å². The third-order valence-electron chi connectivity index (χ3n) is 2.68. The van der Waals surface area contributed by atoms with Crippen molar-refractivity contribution in [2.24, 2.45) is 0 Å². The fraction of sp³-hybridized carbons (Fsp3) is 0.538. The summed E-state index contributed by atoms with van der Waals surface area (Å²) in [4.78, 5) is 0. The summed E-state index contributed by atoms with van der Waals surface area (Å²) in [6, 6.07) is 6.41. The Hall–Kier alpha value is -0.970. The average Bonchev–Trinajstić information content (AvgIpc) is 2.34. The van der Waals surface area contributed by atoms with Crippen LogP contribution in [-0.2, 0) is 4.74 Å². The summed E-state index contributed by atoms with van der Waals surface area (Å²) in [6.45, 7) is 2.45. The predicted molar refractivity (Wildman–Crippen MR) is 65.3 cm³/mol. The second-order valence-corrected chi connectivity index (χ2v) is 4.02. The molecular weight excluding hydrogens is 221 g/mol. The lowest BCUT2D eigenvalue weighted by Crippen LogP contribution is -2.38. The molecule has 17 heavy (non-hydrogen) atoms. The molecule has 0 aliphatic rings. The topological polar surface area (TPSA) is 41.5 Å². The second-order valence-electron chi connectivity index (χ2n) is 4.02. The summed E-state index contributed by atoms with van der Waals surface area (Å²) >= 11 is 0. The minimum absolute atomic E-state index is 0.000342. The molecule has 4 heteroatoms. The molecule has 0 radical (unpaired) electrons. The van der Waals surface area contributed by atoms with Gasteiger partial charge in [0.1, 0.15) is 5.82 Å². The van der Waals surface area contributed by atoms with E-state index >= 15 is 0 Å². The van der Waals surface area contributed by atoms with Gasteiger partial charge in [-0.25, -0.2) is 4.39 Å². The number of hydrogen-bond acceptors (Lipinski definition) is 3. The first-order valence-corrected chi connectivity index (χ1v) is 5.82. The first kappa shape index (κ1) is 14.1. The molecule has 0 aromatic heterocycles. The molecule has 0 heterocycles. The Labute approximate surface area is 102 Å². The number of rotatable bonds is 7. The summed E-state index contributed by atoms with van der Waals surface area (Å²) in [5.74, 6) is -0.241. The number of aliphatic hydroxyl groups excluding tert-OH is 1. The molecule has 0 saturated heterocycles. The number of halogens is 1. The molecule has 2 atom stereocenters. The Morgan fingerprint density at radius 2 is 2.24 bits per heavy atom. The quantitative estimate of drug-likeness (QED) is 0.765. The van der Waals surface area contributed by atoms with Crippen LogP contribution in [-0.4, -0.2) is 31.5 Å². The van der Waals surface area contributed by atoms with Gasteiger partial charge in [0.15, 0.2) is 0 Å². The summed E-state index contributed by atoms with van der Waals surface area (Å²) in [7, 11) is 1.59. The Kier molecular flexibility index (Phi) is 6.11. The van der Waals surface area contributed by atoms with Gasteiger partial charge in [0.2, 0.25) is 0 Å². The van der Waals surface area contributed by atoms with Crippen molar-refractivity contribution in [2.45, 2.75) is 25.4 Å². The lowest BCUT2D eigenvalue weighted by Gasteiger charge is -2.23. The van der Waals surface area contributed by atoms with Crippen LogP contribution in [0.15, 0.2) is 24.3 Å². The second kappa shape index (κ2) is 7.37. The van der Waals surface area contributed by atoms with E-state index in [4.69, 9.17) is 4.74 Å². The standard InChI is InChI=1S/C13H20FNO2/c1-3-13(15-12(8-16)9-17-2)10-5-4-6-11(14)7-10/h4-7,12-13,15-16H,3,8-9H2,1-2H3. The maximum atomic E-state index is 13.1. The number of methoxy groups -OCH3 is 1. The third kappa shape index (κ3) is 4.42. The van der Waals surface area contributed by atoms with Gasteiger partial charge in [-0.05, 0) is 24.1 Å². The van der Waals surface area contributed by atoms with Crippen molar-refractivity contribution in [2.75, 3.05) is 20.3 Å². The van der Waals surface area contributed by atoms with E-state index in [1.54, 1.807) is 13.2 Å². The van der Waals surface area contributed by atoms with Crippen LogP contribution >= 0.6 is 0 Å². The first-order chi connectivity index (χ1) is 8.21. The highest BCUT2D eigenvalue weighted by Crippen LogP contribution is 2.18. The SMILES string of the molecule is CCC(NC(CO)COC)c1cccc(F)c1. The summed E-state index contributed by atoms with van der Waals surface area (Å²) in [5, 5.41) is 12.4. The molecule has 2 unspecified atom stereocenters. The monoisotopic (exact) mass is 241 g/mol. The molecule has 1 aromatic carbocycles. The molecule has 0 fully saturated rings. The van der Waals surface area contributed by atoms with Crippen LogP contribution in [0.4, 0.5) is 4.39 Å². The molecule has 1 aromatic rings. The lowest BCUT2D eigenvalue weighted by atomic mass is 10.0. The van der Waals surface area contributed by atoms with Crippen LogP contribution < -0.4 is 5.32 Å². The van der Waals surface area contributed by atoms with Crippen LogP contribution in [0.1, 0.15) is 24.9 Å². The lowest BCUT2D eigenvalue weighted by molar-refractivity contribution is 0.121. The van der Waals surface area contributed by atoms with Gasteiger partial charge in [-0.15, -0.1) is 0 Å². The molecule has 1 rings (SSSR count). The van der Waals surface area contributed by atoms with Crippen LogP contribution in [0, 0.1) is 5.82 Å². The Balaban J connectivity index is 2.70. The molecule has 2 N–H and O–H groups in total. The van der Waals surface area contributed by atoms with Gasteiger partial charge in [0.05, 0.1) is 19.3 Å². The maximum absolute atomic E-state index is 13.1. The zero-order valence-electron chi connectivity index (χ0n) is 10.3. The van der Waals surface area contributed by atoms with Crippen molar-refractivity contribution < 1.29 is 14.2 Å². The first-order valence-electron chi connectivity index (χ1n) is 5.82. The van der Waals surface area contributed by atoms with Crippen LogP contribution in [0.2, 0.25) is 0 Å². The summed E-state index contributed by atoms with van der Waals surface area (Å²) in [5.41, 5.74) is 0.891. The predicted octanol–water partition coefficient (Wildman–Crippen LogP) is 1.87. The number of benzene rings is 1. The van der Waals surface area contributed by atoms with Gasteiger partial charge in [-0.1, -0.05) is 19.1 Å². The highest BCUT2D eigenvalue weighted by molar-refractivity contribution is 5.20. The molecule has 0 aliphatic carbocycles. The molecule has 0 amide bonds. The highest BCUT2D eigenvalue weighted by Gasteiger charge is 2.15. The highest BCUT2D eigenvalue weighted by atomic mass is 19.1. The molecular formula is C13H20FNO2. The van der Waals surface area contributed by atoms with Gasteiger partial charge in [0, 0.05) is 13.2 Å². The molecule has 0 aliphatic heterocycles. The van der Waals surface area contributed by atoms with Crippen LogP contribution in [0.5, 0.6) is 0 Å². The van der Waals surface area contributed by atoms with Crippen molar-refractivity contribution in [3.8, 4) is 0 Å². The molecule has 0 bridgehead atoms. The zero-order valence-corrected chi connectivity index (χ0v) is 10.3. The fourth-order valence-corrected chi connectivity index (χ4v) is 1.81. The van der Waals surface area contributed by atoms with E-state index in [0.717, 1.165) is 12.0 Å². The largest absolute Gasteiger partial charge is 0.395 e. The van der Waals surface area contributed by atoms with Crippen LogP contribution in [0.25, 0.3) is 0 Å². The molecule has 0 saturated carbocycles. The van der Waals surface area contributed by atoms with E-state index in [2.05, 4.69) is 5.32 Å². The van der Waals surface area contributed by atoms with Crippen molar-refractivity contribution in [1.82, 2.24) is 5.32 Å². The van der Waals surface area contributed by atoms with E-state index in [9.17, 15) is 9.50 Å². The zero-order chi connectivity index (χ0) is 12.7. The minimum atomic E-state index is -0.241. The van der Waals surface area contributed by atoms with E-state index in [1.165, 1.54) is 12.1 Å². The fourth-order valence-electron chi connectivity index (χ4n) is 1.81. The molecule has 96 valence electrons. The Morgan fingerprint density at radius 1 is 1.47 bits per heavy atom. The third-order valence-corrected chi connectivity index (χ3v) is 2.68. The minimum Gasteiger partial charge on any atom is -0.395 e. The van der Waals surface area contributed by atoms with Gasteiger partial charge in [-0.2, -0.15) is 0 Å². The van der Waals surface area contributed by atoms with E-state index in [0.29, 0.717) is 6.61 Å². The smallest absolute Gasteiger partial charge is 0.123 e. The van der Waals surface area contributed by atoms with E-state index < -0.39 is 0 Å². The Morgan fingerprint density at radius 3 is 2.76 bits per heavy atom. The van der Waals surface area contributed by atoms with Crippen molar-refractivity contribution >= 4 is 0 Å². The van der Waals surface area contributed by atoms with Crippen LogP contribution in [0.3, 0.4) is 0 Å². The van der Waals surface area contributed by atoms with Crippen molar-refractivity contribution in [3.05, 3.63) is 35.6 Å². The summed E-state index contributed by atoms with van der Waals surface area (Å²) in [6.07, 6.45) is 0.823. The van der Waals surface area contributed by atoms with Gasteiger partial charge in [-0.3, -0.25) is 0 Å². The van der Waals surface area contributed by atoms with Gasteiger partial charge in [0.25, 0.3) is 0 Å². The Bertz CT molecular complexity index is 333. The molecule has 0 spiro atoms. The number of ether oxygens (including phenoxy) is 1. The molecule has 3 nitrogen and oxygen atoms in total.